The highest BCUT2D eigenvalue weighted by Gasteiger charge is 2.17. The molecule has 226 valence electrons. The number of primary amides is 1. The van der Waals surface area contributed by atoms with Crippen LogP contribution < -0.4 is 22.5 Å². The number of aromatic nitrogens is 3. The molecule has 0 saturated heterocycles. The molecule has 0 bridgehead atoms. The van der Waals surface area contributed by atoms with E-state index in [1.165, 1.54) is 0 Å². The number of nitrogens with two attached hydrogens (primary N) is 3. The van der Waals surface area contributed by atoms with E-state index < -0.39 is 5.91 Å². The Balaban J connectivity index is 0.000000566. The van der Waals surface area contributed by atoms with Gasteiger partial charge in [-0.1, -0.05) is 55.1 Å². The Bertz CT molecular complexity index is 1720. The van der Waals surface area contributed by atoms with E-state index >= 15 is 0 Å². The van der Waals surface area contributed by atoms with Crippen molar-refractivity contribution in [1.29, 1.82) is 0 Å². The number of hydrogen-bond acceptors (Lipinski definition) is 6. The van der Waals surface area contributed by atoms with Gasteiger partial charge in [0.1, 0.15) is 12.4 Å². The van der Waals surface area contributed by atoms with Crippen LogP contribution >= 0.6 is 11.8 Å². The number of nitrogens with zero attached hydrogens (tertiary/aromatic N) is 4. The molecule has 0 aliphatic heterocycles. The second-order valence-corrected chi connectivity index (χ2v) is 10.9. The minimum absolute atomic E-state index is 0.0164. The summed E-state index contributed by atoms with van der Waals surface area (Å²) in [6.45, 7) is 3.22. The highest BCUT2D eigenvalue weighted by Crippen LogP contribution is 2.32. The van der Waals surface area contributed by atoms with Crippen molar-refractivity contribution < 1.29 is 9.59 Å². The second kappa shape index (κ2) is 15.9. The Morgan fingerprint density at radius 3 is 2.36 bits per heavy atom. The molecule has 7 N–H and O–H groups in total. The van der Waals surface area contributed by atoms with E-state index in [0.29, 0.717) is 29.9 Å². The summed E-state index contributed by atoms with van der Waals surface area (Å²) >= 11 is 1.65. The van der Waals surface area contributed by atoms with Crippen LogP contribution in [0.5, 0.6) is 0 Å². The van der Waals surface area contributed by atoms with Crippen LogP contribution in [0.2, 0.25) is 0 Å². The fraction of sp³-hybridized carbons (Fsp3) is 0.182. The highest BCUT2D eigenvalue weighted by atomic mass is 32.2. The number of imidazole rings is 1. The van der Waals surface area contributed by atoms with Gasteiger partial charge in [0.15, 0.2) is 5.96 Å². The number of carbonyl (C=O) groups excluding carboxylic acids is 2. The van der Waals surface area contributed by atoms with Gasteiger partial charge in [-0.25, -0.2) is 4.98 Å². The zero-order valence-electron chi connectivity index (χ0n) is 24.5. The molecule has 0 aliphatic rings. The number of fused-ring (bicyclic) bond motifs is 1. The molecule has 2 heterocycles. The molecule has 0 aliphatic carbocycles. The van der Waals surface area contributed by atoms with Gasteiger partial charge in [0, 0.05) is 52.3 Å². The number of rotatable bonds is 11. The van der Waals surface area contributed by atoms with Crippen molar-refractivity contribution in [1.82, 2.24) is 19.9 Å². The van der Waals surface area contributed by atoms with Gasteiger partial charge in [-0.2, -0.15) is 0 Å². The molecule has 0 radical (unpaired) electrons. The monoisotopic (exact) mass is 608 g/mol. The predicted octanol–water partition coefficient (Wildman–Crippen LogP) is 4.38. The number of aliphatic imine (C=N–C) groups is 1. The molecule has 5 rings (SSSR count). The van der Waals surface area contributed by atoms with Gasteiger partial charge in [-0.15, -0.1) is 0 Å². The maximum absolute atomic E-state index is 12.8. The Morgan fingerprint density at radius 2 is 1.68 bits per heavy atom. The van der Waals surface area contributed by atoms with Gasteiger partial charge in [0.05, 0.1) is 11.0 Å². The summed E-state index contributed by atoms with van der Waals surface area (Å²) in [6.07, 6.45) is 3.38. The van der Waals surface area contributed by atoms with Gasteiger partial charge in [-0.3, -0.25) is 19.6 Å². The Kier molecular flexibility index (Phi) is 11.5. The molecule has 0 atom stereocenters. The summed E-state index contributed by atoms with van der Waals surface area (Å²) in [5.74, 6) is 0.149. The van der Waals surface area contributed by atoms with Crippen LogP contribution in [-0.2, 0) is 17.8 Å². The molecule has 2 amide bonds. The van der Waals surface area contributed by atoms with Crippen LogP contribution in [0.25, 0.3) is 22.4 Å². The van der Waals surface area contributed by atoms with Crippen molar-refractivity contribution >= 4 is 40.6 Å². The number of pyridine rings is 1. The third-order valence-corrected chi connectivity index (χ3v) is 7.30. The van der Waals surface area contributed by atoms with Crippen LogP contribution in [0.15, 0.2) is 112 Å². The lowest BCUT2D eigenvalue weighted by Gasteiger charge is -2.09. The van der Waals surface area contributed by atoms with Crippen molar-refractivity contribution in [3.05, 3.63) is 108 Å². The molecular weight excluding hydrogens is 572 g/mol. The summed E-state index contributed by atoms with van der Waals surface area (Å²) in [6, 6.07) is 29.1. The summed E-state index contributed by atoms with van der Waals surface area (Å²) in [7, 11) is 0. The molecule has 10 nitrogen and oxygen atoms in total. The first-order chi connectivity index (χ1) is 21.3. The summed E-state index contributed by atoms with van der Waals surface area (Å²) in [4.78, 5) is 39.7. The minimum Gasteiger partial charge on any atom is -0.370 e. The average molecular weight is 609 g/mol. The summed E-state index contributed by atoms with van der Waals surface area (Å²) < 4.78 is 1.80. The lowest BCUT2D eigenvalue weighted by Crippen LogP contribution is -2.25. The number of amides is 2. The van der Waals surface area contributed by atoms with Gasteiger partial charge in [0.25, 0.3) is 5.91 Å². The molecule has 0 unspecified atom stereocenters. The third-order valence-electron chi connectivity index (χ3n) is 6.31. The van der Waals surface area contributed by atoms with Crippen molar-refractivity contribution in [3.8, 4) is 11.4 Å². The predicted molar refractivity (Wildman–Crippen MR) is 176 cm³/mol. The molecule has 11 heteroatoms. The highest BCUT2D eigenvalue weighted by molar-refractivity contribution is 7.99. The topological polar surface area (TPSA) is 167 Å². The third kappa shape index (κ3) is 9.17. The van der Waals surface area contributed by atoms with Crippen LogP contribution in [0, 0.1) is 0 Å². The zero-order valence-corrected chi connectivity index (χ0v) is 25.3. The largest absolute Gasteiger partial charge is 0.370 e. The van der Waals surface area contributed by atoms with E-state index in [9.17, 15) is 9.59 Å². The van der Waals surface area contributed by atoms with E-state index in [0.717, 1.165) is 39.5 Å². The molecule has 2 aromatic heterocycles. The van der Waals surface area contributed by atoms with Crippen LogP contribution in [0.1, 0.15) is 29.4 Å². The Hall–Kier alpha value is -5.16. The first-order valence-electron chi connectivity index (χ1n) is 14.2. The Labute approximate surface area is 260 Å². The van der Waals surface area contributed by atoms with Crippen molar-refractivity contribution in [2.75, 3.05) is 13.1 Å². The molecular formula is C33H36N8O2S. The fourth-order valence-corrected chi connectivity index (χ4v) is 5.22. The standard InChI is InChI=1S/C29H25N5O2S.C4H11N3/c30-27(35)19-34-26-13-12-21(29(36)32-16-14-22-8-4-5-15-31-22)18-25(26)33-28(34)20-7-6-11-24(17-20)37-23-9-2-1-3-10-23;1-2-3-7-4(5)6/h1-13,15,17-18H,14,16,19H2,(H2,30,35)(H,32,36);2-3H2,1H3,(H4,5,6,7). The molecule has 0 spiro atoms. The quantitative estimate of drug-likeness (QED) is 0.127. The maximum atomic E-state index is 12.8. The van der Waals surface area contributed by atoms with Gasteiger partial charge in [-0.05, 0) is 61.0 Å². The number of carbonyl (C=O) groups is 2. The molecule has 3 aromatic carbocycles. The molecule has 44 heavy (non-hydrogen) atoms. The lowest BCUT2D eigenvalue weighted by molar-refractivity contribution is -0.118. The van der Waals surface area contributed by atoms with E-state index in [4.69, 9.17) is 22.2 Å². The van der Waals surface area contributed by atoms with Gasteiger partial charge < -0.3 is 27.1 Å². The van der Waals surface area contributed by atoms with Crippen LogP contribution in [0.3, 0.4) is 0 Å². The van der Waals surface area contributed by atoms with E-state index in [2.05, 4.69) is 27.4 Å². The van der Waals surface area contributed by atoms with E-state index in [1.54, 1.807) is 34.7 Å². The first kappa shape index (κ1) is 31.8. The first-order valence-corrected chi connectivity index (χ1v) is 15.0. The van der Waals surface area contributed by atoms with Crippen LogP contribution in [0.4, 0.5) is 0 Å². The maximum Gasteiger partial charge on any atom is 0.251 e. The number of benzene rings is 3. The summed E-state index contributed by atoms with van der Waals surface area (Å²) in [5, 5.41) is 2.94. The van der Waals surface area contributed by atoms with Crippen LogP contribution in [-0.4, -0.2) is 45.4 Å². The van der Waals surface area contributed by atoms with Crippen molar-refractivity contribution in [3.63, 3.8) is 0 Å². The van der Waals surface area contributed by atoms with E-state index in [1.807, 2.05) is 73.7 Å². The molecule has 0 fully saturated rings. The lowest BCUT2D eigenvalue weighted by atomic mass is 10.2. The second-order valence-electron chi connectivity index (χ2n) is 9.77. The zero-order chi connectivity index (χ0) is 31.3. The normalized spacial score (nSPS) is 10.5. The summed E-state index contributed by atoms with van der Waals surface area (Å²) in [5.41, 5.74) is 19.2. The SMILES string of the molecule is CCCN=C(N)N.NC(=O)Cn1c(-c2cccc(Sc3ccccc3)c2)nc2cc(C(=O)NCCc3ccccn3)ccc21. The van der Waals surface area contributed by atoms with Crippen molar-refractivity contribution in [2.45, 2.75) is 36.1 Å². The number of guanidine groups is 1. The average Bonchev–Trinajstić information content (AvgIpc) is 3.38. The van der Waals surface area contributed by atoms with Crippen molar-refractivity contribution in [2.24, 2.45) is 22.2 Å². The number of hydrogen-bond donors (Lipinski definition) is 4. The molecule has 0 saturated carbocycles. The van der Waals surface area contributed by atoms with Gasteiger partial charge in [0.2, 0.25) is 5.91 Å². The minimum atomic E-state index is -0.466. The smallest absolute Gasteiger partial charge is 0.251 e. The Morgan fingerprint density at radius 1 is 0.909 bits per heavy atom. The number of nitrogens with one attached hydrogen (secondary N) is 1. The molecule has 5 aromatic rings. The van der Waals surface area contributed by atoms with Gasteiger partial charge >= 0.3 is 0 Å². The van der Waals surface area contributed by atoms with E-state index in [-0.39, 0.29) is 18.4 Å². The fourth-order valence-electron chi connectivity index (χ4n) is 4.32.